The number of rotatable bonds is 8. The highest BCUT2D eigenvalue weighted by Gasteiger charge is 2.21. The summed E-state index contributed by atoms with van der Waals surface area (Å²) in [5.41, 5.74) is 3.36. The fourth-order valence-electron chi connectivity index (χ4n) is 2.84. The highest BCUT2D eigenvalue weighted by Crippen LogP contribution is 2.23. The van der Waals surface area contributed by atoms with Gasteiger partial charge in [-0.3, -0.25) is 9.59 Å². The maximum absolute atomic E-state index is 12.3. The van der Waals surface area contributed by atoms with Crippen LogP contribution in [0.2, 0.25) is 5.02 Å². The van der Waals surface area contributed by atoms with Crippen molar-refractivity contribution in [1.82, 2.24) is 4.90 Å². The lowest BCUT2D eigenvalue weighted by Crippen LogP contribution is -2.38. The molecule has 8 heteroatoms. The van der Waals surface area contributed by atoms with Crippen LogP contribution in [0.1, 0.15) is 23.6 Å². The summed E-state index contributed by atoms with van der Waals surface area (Å²) < 4.78 is 10.6. The molecule has 0 saturated carbocycles. The van der Waals surface area contributed by atoms with Crippen LogP contribution < -0.4 is 10.1 Å². The topological polar surface area (TPSA) is 84.9 Å². The zero-order valence-corrected chi connectivity index (χ0v) is 19.1. The van der Waals surface area contributed by atoms with Crippen molar-refractivity contribution in [3.8, 4) is 5.75 Å². The van der Waals surface area contributed by atoms with Gasteiger partial charge in [-0.25, -0.2) is 4.79 Å². The Bertz CT molecular complexity index is 956. The molecule has 1 atom stereocenters. The second-order valence-corrected chi connectivity index (χ2v) is 7.78. The average Bonchev–Trinajstić information content (AvgIpc) is 2.70. The summed E-state index contributed by atoms with van der Waals surface area (Å²) >= 11 is 5.91. The third-order valence-electron chi connectivity index (χ3n) is 4.66. The zero-order valence-electron chi connectivity index (χ0n) is 18.3. The highest BCUT2D eigenvalue weighted by molar-refractivity contribution is 6.30. The lowest BCUT2D eigenvalue weighted by atomic mass is 10.1. The Kier molecular flexibility index (Phi) is 8.45. The third-order valence-corrected chi connectivity index (χ3v) is 4.90. The van der Waals surface area contributed by atoms with E-state index < -0.39 is 24.6 Å². The summed E-state index contributed by atoms with van der Waals surface area (Å²) in [6, 6.07) is 10.7. The van der Waals surface area contributed by atoms with Gasteiger partial charge < -0.3 is 19.7 Å². The van der Waals surface area contributed by atoms with E-state index in [-0.39, 0.29) is 12.5 Å². The molecule has 0 aromatic heterocycles. The van der Waals surface area contributed by atoms with Crippen molar-refractivity contribution in [2.24, 2.45) is 0 Å². The molecule has 0 saturated heterocycles. The first kappa shape index (κ1) is 24.2. The number of carbonyl (C=O) groups excluding carboxylic acids is 3. The van der Waals surface area contributed by atoms with Gasteiger partial charge in [0.25, 0.3) is 5.91 Å². The summed E-state index contributed by atoms with van der Waals surface area (Å²) in [6.07, 6.45) is -0.912. The number of para-hydroxylation sites is 1. The maximum atomic E-state index is 12.3. The number of carbonyl (C=O) groups is 3. The van der Waals surface area contributed by atoms with E-state index in [1.165, 1.54) is 18.9 Å². The number of anilines is 1. The monoisotopic (exact) mass is 446 g/mol. The number of halogens is 1. The van der Waals surface area contributed by atoms with Crippen LogP contribution in [0.4, 0.5) is 5.69 Å². The summed E-state index contributed by atoms with van der Waals surface area (Å²) in [4.78, 5) is 37.9. The quantitative estimate of drug-likeness (QED) is 0.625. The summed E-state index contributed by atoms with van der Waals surface area (Å²) in [5.74, 6) is -1.02. The molecular formula is C23H27ClN2O5. The summed E-state index contributed by atoms with van der Waals surface area (Å²) in [7, 11) is 1.47. The number of hydrogen-bond acceptors (Lipinski definition) is 5. The van der Waals surface area contributed by atoms with Crippen molar-refractivity contribution in [3.05, 3.63) is 58.1 Å². The molecule has 1 unspecified atom stereocenters. The van der Waals surface area contributed by atoms with Gasteiger partial charge in [0.15, 0.2) is 12.7 Å². The molecule has 7 nitrogen and oxygen atoms in total. The molecule has 2 amide bonds. The molecule has 0 aliphatic rings. The van der Waals surface area contributed by atoms with E-state index in [0.717, 1.165) is 22.4 Å². The van der Waals surface area contributed by atoms with E-state index in [4.69, 9.17) is 21.1 Å². The number of hydrogen-bond donors (Lipinski definition) is 1. The summed E-state index contributed by atoms with van der Waals surface area (Å²) in [6.45, 7) is 6.47. The van der Waals surface area contributed by atoms with E-state index in [1.807, 2.05) is 32.0 Å². The number of benzene rings is 2. The van der Waals surface area contributed by atoms with Crippen LogP contribution in [0.25, 0.3) is 0 Å². The van der Waals surface area contributed by atoms with Gasteiger partial charge in [-0.15, -0.1) is 0 Å². The van der Waals surface area contributed by atoms with Crippen molar-refractivity contribution in [3.63, 3.8) is 0 Å². The average molecular weight is 447 g/mol. The Labute approximate surface area is 187 Å². The van der Waals surface area contributed by atoms with Gasteiger partial charge in [-0.2, -0.15) is 0 Å². The predicted molar refractivity (Wildman–Crippen MR) is 119 cm³/mol. The molecule has 0 aliphatic carbocycles. The van der Waals surface area contributed by atoms with Gasteiger partial charge >= 0.3 is 5.97 Å². The Morgan fingerprint density at radius 2 is 1.71 bits per heavy atom. The van der Waals surface area contributed by atoms with Gasteiger partial charge in [0.2, 0.25) is 5.91 Å². The number of likely N-dealkylation sites (N-methyl/N-ethyl adjacent to an activating group) is 1. The lowest BCUT2D eigenvalue weighted by Gasteiger charge is -2.19. The first-order valence-corrected chi connectivity index (χ1v) is 10.2. The van der Waals surface area contributed by atoms with Crippen LogP contribution in [-0.4, -0.2) is 49.0 Å². The molecule has 0 fully saturated rings. The number of aryl methyl sites for hydroxylation is 3. The van der Waals surface area contributed by atoms with Crippen LogP contribution in [0.5, 0.6) is 5.75 Å². The van der Waals surface area contributed by atoms with E-state index >= 15 is 0 Å². The number of esters is 1. The van der Waals surface area contributed by atoms with Gasteiger partial charge in [0.1, 0.15) is 5.75 Å². The van der Waals surface area contributed by atoms with E-state index in [2.05, 4.69) is 5.32 Å². The number of amides is 2. The number of ether oxygens (including phenoxy) is 2. The first-order chi connectivity index (χ1) is 14.6. The molecule has 0 heterocycles. The maximum Gasteiger partial charge on any atom is 0.347 e. The van der Waals surface area contributed by atoms with E-state index in [9.17, 15) is 14.4 Å². The third kappa shape index (κ3) is 7.00. The number of nitrogens with zero attached hydrogens (tertiary/aromatic N) is 1. The van der Waals surface area contributed by atoms with Gasteiger partial charge in [-0.05, 0) is 62.6 Å². The first-order valence-electron chi connectivity index (χ1n) is 9.78. The predicted octanol–water partition coefficient (Wildman–Crippen LogP) is 3.67. The molecule has 2 rings (SSSR count). The fourth-order valence-corrected chi connectivity index (χ4v) is 3.06. The Morgan fingerprint density at radius 1 is 1.06 bits per heavy atom. The Balaban J connectivity index is 1.82. The van der Waals surface area contributed by atoms with E-state index in [1.54, 1.807) is 25.1 Å². The molecule has 0 bridgehead atoms. The normalized spacial score (nSPS) is 11.4. The smallest absolute Gasteiger partial charge is 0.347 e. The molecular weight excluding hydrogens is 420 g/mol. The van der Waals surface area contributed by atoms with Gasteiger partial charge in [-0.1, -0.05) is 29.8 Å². The minimum Gasteiger partial charge on any atom is -0.479 e. The molecule has 0 spiro atoms. The minimum atomic E-state index is -0.912. The molecule has 166 valence electrons. The van der Waals surface area contributed by atoms with Crippen molar-refractivity contribution in [2.45, 2.75) is 33.8 Å². The fraction of sp³-hybridized carbons (Fsp3) is 0.348. The van der Waals surface area contributed by atoms with Crippen LogP contribution in [0.15, 0.2) is 36.4 Å². The Morgan fingerprint density at radius 3 is 2.32 bits per heavy atom. The SMILES string of the molecule is Cc1cc(Cl)ccc1OC(C)C(=O)OCC(=O)N(C)CC(=O)Nc1c(C)cccc1C. The van der Waals surface area contributed by atoms with Crippen molar-refractivity contribution >= 4 is 35.1 Å². The van der Waals surface area contributed by atoms with Crippen LogP contribution in [0.3, 0.4) is 0 Å². The van der Waals surface area contributed by atoms with Crippen LogP contribution >= 0.6 is 11.6 Å². The summed E-state index contributed by atoms with van der Waals surface area (Å²) in [5, 5.41) is 3.38. The highest BCUT2D eigenvalue weighted by atomic mass is 35.5. The second-order valence-electron chi connectivity index (χ2n) is 7.34. The van der Waals surface area contributed by atoms with Crippen LogP contribution in [-0.2, 0) is 19.1 Å². The molecule has 0 aliphatic heterocycles. The van der Waals surface area contributed by atoms with Crippen LogP contribution in [0, 0.1) is 20.8 Å². The van der Waals surface area contributed by atoms with Crippen molar-refractivity contribution < 1.29 is 23.9 Å². The Hall–Kier alpha value is -3.06. The van der Waals surface area contributed by atoms with Gasteiger partial charge in [0, 0.05) is 17.8 Å². The van der Waals surface area contributed by atoms with Crippen molar-refractivity contribution in [1.29, 1.82) is 0 Å². The van der Waals surface area contributed by atoms with Gasteiger partial charge in [0.05, 0.1) is 6.54 Å². The van der Waals surface area contributed by atoms with E-state index in [0.29, 0.717) is 10.8 Å². The molecule has 2 aromatic carbocycles. The lowest BCUT2D eigenvalue weighted by molar-refractivity contribution is -0.157. The molecule has 1 N–H and O–H groups in total. The molecule has 2 aromatic rings. The number of nitrogens with one attached hydrogen (secondary N) is 1. The second kappa shape index (κ2) is 10.8. The zero-order chi connectivity index (χ0) is 23.1. The van der Waals surface area contributed by atoms with Crippen molar-refractivity contribution in [2.75, 3.05) is 25.5 Å². The largest absolute Gasteiger partial charge is 0.479 e. The standard InChI is InChI=1S/C23H27ClN2O5/c1-14-7-6-8-15(2)22(14)25-20(27)12-26(5)21(28)13-30-23(29)17(4)31-19-10-9-18(24)11-16(19)3/h6-11,17H,12-13H2,1-5H3,(H,25,27). The minimum absolute atomic E-state index is 0.166. The molecule has 0 radical (unpaired) electrons. The molecule has 31 heavy (non-hydrogen) atoms.